The lowest BCUT2D eigenvalue weighted by Gasteiger charge is -2.24. The van der Waals surface area contributed by atoms with Crippen LogP contribution in [0.1, 0.15) is 31.0 Å². The van der Waals surface area contributed by atoms with Gasteiger partial charge in [0.25, 0.3) is 0 Å². The molecule has 0 radical (unpaired) electrons. The number of hydrogen-bond acceptors (Lipinski definition) is 4. The molecular weight excluding hydrogens is 322 g/mol. The maximum absolute atomic E-state index is 11.9. The van der Waals surface area contributed by atoms with Crippen LogP contribution in [0, 0.1) is 6.92 Å². The smallest absolute Gasteiger partial charge is 0.211 e. The first-order valence-corrected chi connectivity index (χ1v) is 10.4. The molecule has 1 aromatic carbocycles. The van der Waals surface area contributed by atoms with Gasteiger partial charge in [0.1, 0.15) is 0 Å². The number of rotatable bonds is 5. The third-order valence-electron chi connectivity index (χ3n) is 4.82. The van der Waals surface area contributed by atoms with Crippen molar-refractivity contribution in [1.29, 1.82) is 0 Å². The van der Waals surface area contributed by atoms with Gasteiger partial charge in [0.05, 0.1) is 11.8 Å². The molecule has 0 spiro atoms. The zero-order valence-corrected chi connectivity index (χ0v) is 15.4. The van der Waals surface area contributed by atoms with Gasteiger partial charge in [-0.15, -0.1) is 0 Å². The van der Waals surface area contributed by atoms with Crippen LogP contribution < -0.4 is 5.32 Å². The number of sulfonamides is 1. The van der Waals surface area contributed by atoms with Crippen molar-refractivity contribution in [3.05, 3.63) is 35.5 Å². The van der Waals surface area contributed by atoms with Gasteiger partial charge >= 0.3 is 0 Å². The lowest BCUT2D eigenvalue weighted by Crippen LogP contribution is -2.38. The highest BCUT2D eigenvalue weighted by atomic mass is 32.2. The molecule has 1 N–H and O–H groups in total. The van der Waals surface area contributed by atoms with E-state index in [0.29, 0.717) is 13.1 Å². The van der Waals surface area contributed by atoms with Gasteiger partial charge in [-0.1, -0.05) is 25.1 Å². The Morgan fingerprint density at radius 3 is 2.79 bits per heavy atom. The Morgan fingerprint density at radius 2 is 2.08 bits per heavy atom. The lowest BCUT2D eigenvalue weighted by molar-refractivity contribution is 0.402. The molecule has 1 aliphatic heterocycles. The number of fused-ring (bicyclic) bond motifs is 1. The normalized spacial score (nSPS) is 19.0. The molecule has 130 valence electrons. The van der Waals surface area contributed by atoms with Gasteiger partial charge < -0.3 is 5.32 Å². The average Bonchev–Trinajstić information content (AvgIpc) is 3.01. The molecule has 1 aliphatic rings. The Hall–Kier alpha value is -1.66. The minimum atomic E-state index is -3.14. The minimum Gasteiger partial charge on any atom is -0.383 e. The highest BCUT2D eigenvalue weighted by Gasteiger charge is 2.31. The van der Waals surface area contributed by atoms with Crippen molar-refractivity contribution in [3.63, 3.8) is 0 Å². The van der Waals surface area contributed by atoms with E-state index in [-0.39, 0.29) is 6.04 Å². The number of benzene rings is 1. The first-order chi connectivity index (χ1) is 11.4. The van der Waals surface area contributed by atoms with Crippen LogP contribution in [0.4, 0.5) is 5.69 Å². The predicted molar refractivity (Wildman–Crippen MR) is 98.9 cm³/mol. The molecule has 1 fully saturated rings. The zero-order chi connectivity index (χ0) is 17.3. The second kappa shape index (κ2) is 6.69. The predicted octanol–water partition coefficient (Wildman–Crippen LogP) is 2.94. The summed E-state index contributed by atoms with van der Waals surface area (Å²) in [6, 6.07) is 8.13. The van der Waals surface area contributed by atoms with Gasteiger partial charge in [-0.3, -0.25) is 4.98 Å². The van der Waals surface area contributed by atoms with Crippen molar-refractivity contribution < 1.29 is 8.42 Å². The van der Waals surface area contributed by atoms with Crippen LogP contribution in [-0.2, 0) is 16.4 Å². The molecule has 1 saturated heterocycles. The Balaban J connectivity index is 1.92. The highest BCUT2D eigenvalue weighted by Crippen LogP contribution is 2.30. The fourth-order valence-corrected chi connectivity index (χ4v) is 4.86. The summed E-state index contributed by atoms with van der Waals surface area (Å²) in [5, 5.41) is 4.65. The molecule has 2 aromatic rings. The number of nitrogens with zero attached hydrogens (tertiary/aromatic N) is 2. The number of anilines is 1. The number of hydrogen-bond donors (Lipinski definition) is 1. The van der Waals surface area contributed by atoms with E-state index in [9.17, 15) is 8.42 Å². The Bertz CT molecular complexity index is 849. The van der Waals surface area contributed by atoms with E-state index >= 15 is 0 Å². The third kappa shape index (κ3) is 3.26. The Labute approximate surface area is 144 Å². The van der Waals surface area contributed by atoms with E-state index in [4.69, 9.17) is 4.98 Å². The molecule has 6 heteroatoms. The maximum Gasteiger partial charge on any atom is 0.211 e. The summed E-state index contributed by atoms with van der Waals surface area (Å²) in [4.78, 5) is 4.69. The molecule has 1 aromatic heterocycles. The van der Waals surface area contributed by atoms with Crippen LogP contribution in [0.25, 0.3) is 10.9 Å². The topological polar surface area (TPSA) is 62.3 Å². The minimum absolute atomic E-state index is 0.0249. The molecule has 5 nitrogen and oxygen atoms in total. The van der Waals surface area contributed by atoms with Crippen molar-refractivity contribution in [1.82, 2.24) is 9.29 Å². The van der Waals surface area contributed by atoms with Gasteiger partial charge in [0, 0.05) is 35.9 Å². The van der Waals surface area contributed by atoms with Crippen LogP contribution in [0.5, 0.6) is 0 Å². The summed E-state index contributed by atoms with van der Waals surface area (Å²) in [6.45, 7) is 5.42. The maximum atomic E-state index is 11.9. The van der Waals surface area contributed by atoms with E-state index < -0.39 is 10.0 Å². The van der Waals surface area contributed by atoms with E-state index in [1.165, 1.54) is 11.8 Å². The van der Waals surface area contributed by atoms with E-state index in [0.717, 1.165) is 41.5 Å². The van der Waals surface area contributed by atoms with Gasteiger partial charge in [0.2, 0.25) is 10.0 Å². The standard InChI is InChI=1S/C18H25N3O2S/c1-4-15-13(2)20-17-10-6-5-9-16(17)18(15)19-12-14-8-7-11-21(14)24(3,22)23/h5-6,9-10,14H,4,7-8,11-12H2,1-3H3,(H,19,20)/t14-/m0/s1. The van der Waals surface area contributed by atoms with Gasteiger partial charge in [0.15, 0.2) is 0 Å². The molecule has 24 heavy (non-hydrogen) atoms. The lowest BCUT2D eigenvalue weighted by atomic mass is 10.0. The number of aromatic nitrogens is 1. The van der Waals surface area contributed by atoms with Crippen molar-refractivity contribution in [3.8, 4) is 0 Å². The summed E-state index contributed by atoms with van der Waals surface area (Å²) < 4.78 is 25.5. The summed E-state index contributed by atoms with van der Waals surface area (Å²) in [6.07, 6.45) is 4.03. The SMILES string of the molecule is CCc1c(C)nc2ccccc2c1NC[C@@H]1CCCN1S(C)(=O)=O. The van der Waals surface area contributed by atoms with Crippen molar-refractivity contribution in [2.24, 2.45) is 0 Å². The molecule has 3 rings (SSSR count). The molecule has 0 aliphatic carbocycles. The Kier molecular flexibility index (Phi) is 4.78. The fourth-order valence-electron chi connectivity index (χ4n) is 3.68. The average molecular weight is 347 g/mol. The van der Waals surface area contributed by atoms with Crippen LogP contribution in [0.3, 0.4) is 0 Å². The number of aryl methyl sites for hydroxylation is 1. The summed E-state index contributed by atoms with van der Waals surface area (Å²) in [5.41, 5.74) is 4.31. The molecule has 1 atom stereocenters. The van der Waals surface area contributed by atoms with E-state index in [2.05, 4.69) is 18.3 Å². The summed E-state index contributed by atoms with van der Waals surface area (Å²) in [5.74, 6) is 0. The van der Waals surface area contributed by atoms with E-state index in [1.54, 1.807) is 4.31 Å². The number of pyridine rings is 1. The molecule has 2 heterocycles. The zero-order valence-electron chi connectivity index (χ0n) is 14.5. The first kappa shape index (κ1) is 17.2. The molecular formula is C18H25N3O2S. The van der Waals surface area contributed by atoms with Crippen LogP contribution in [0.15, 0.2) is 24.3 Å². The Morgan fingerprint density at radius 1 is 1.33 bits per heavy atom. The van der Waals surface area contributed by atoms with Gasteiger partial charge in [-0.05, 0) is 37.8 Å². The highest BCUT2D eigenvalue weighted by molar-refractivity contribution is 7.88. The second-order valence-corrected chi connectivity index (χ2v) is 8.41. The third-order valence-corrected chi connectivity index (χ3v) is 6.15. The van der Waals surface area contributed by atoms with Crippen LogP contribution in [-0.4, -0.2) is 43.1 Å². The summed E-state index contributed by atoms with van der Waals surface area (Å²) >= 11 is 0. The van der Waals surface area contributed by atoms with Crippen molar-refractivity contribution in [2.45, 2.75) is 39.2 Å². The van der Waals surface area contributed by atoms with Gasteiger partial charge in [-0.25, -0.2) is 8.42 Å². The van der Waals surface area contributed by atoms with Crippen molar-refractivity contribution >= 4 is 26.6 Å². The number of para-hydroxylation sites is 1. The molecule has 0 saturated carbocycles. The van der Waals surface area contributed by atoms with Crippen LogP contribution in [0.2, 0.25) is 0 Å². The number of nitrogens with one attached hydrogen (secondary N) is 1. The monoisotopic (exact) mass is 347 g/mol. The summed E-state index contributed by atoms with van der Waals surface area (Å²) in [7, 11) is -3.14. The largest absolute Gasteiger partial charge is 0.383 e. The van der Waals surface area contributed by atoms with Gasteiger partial charge in [-0.2, -0.15) is 4.31 Å². The molecule has 0 unspecified atom stereocenters. The molecule has 0 amide bonds. The first-order valence-electron chi connectivity index (χ1n) is 8.50. The van der Waals surface area contributed by atoms with Crippen LogP contribution >= 0.6 is 0 Å². The second-order valence-electron chi connectivity index (χ2n) is 6.47. The quantitative estimate of drug-likeness (QED) is 0.903. The molecule has 0 bridgehead atoms. The van der Waals surface area contributed by atoms with Crippen molar-refractivity contribution in [2.75, 3.05) is 24.7 Å². The van der Waals surface area contributed by atoms with E-state index in [1.807, 2.05) is 25.1 Å². The fraction of sp³-hybridized carbons (Fsp3) is 0.500.